The van der Waals surface area contributed by atoms with Crippen molar-refractivity contribution >= 4 is 23.8 Å². The molecule has 28 heavy (non-hydrogen) atoms. The SMILES string of the molecule is CCNc1c(C=N)cc(NC(=O)N[C@@H](c2ccccc2)C(C)(C)O)nc1OC. The topological polar surface area (TPSA) is 119 Å². The Labute approximate surface area is 164 Å². The Kier molecular flexibility index (Phi) is 6.94. The van der Waals surface area contributed by atoms with Crippen molar-refractivity contribution in [2.45, 2.75) is 32.4 Å². The fourth-order valence-electron chi connectivity index (χ4n) is 2.82. The van der Waals surface area contributed by atoms with Crippen molar-refractivity contribution in [2.75, 3.05) is 24.3 Å². The maximum absolute atomic E-state index is 12.6. The van der Waals surface area contributed by atoms with E-state index in [4.69, 9.17) is 10.1 Å². The molecule has 5 N–H and O–H groups in total. The number of amides is 2. The Morgan fingerprint density at radius 1 is 1.36 bits per heavy atom. The molecule has 8 heteroatoms. The van der Waals surface area contributed by atoms with Gasteiger partial charge in [0.25, 0.3) is 0 Å². The Morgan fingerprint density at radius 2 is 2.04 bits per heavy atom. The summed E-state index contributed by atoms with van der Waals surface area (Å²) in [5.74, 6) is 0.511. The minimum absolute atomic E-state index is 0.233. The van der Waals surface area contributed by atoms with E-state index in [1.165, 1.54) is 7.11 Å². The molecule has 1 aromatic carbocycles. The minimum atomic E-state index is -1.18. The number of anilines is 2. The molecule has 0 spiro atoms. The molecule has 0 radical (unpaired) electrons. The van der Waals surface area contributed by atoms with E-state index >= 15 is 0 Å². The first-order valence-electron chi connectivity index (χ1n) is 8.98. The lowest BCUT2D eigenvalue weighted by Gasteiger charge is -2.30. The van der Waals surface area contributed by atoms with E-state index in [9.17, 15) is 9.90 Å². The summed E-state index contributed by atoms with van der Waals surface area (Å²) >= 11 is 0. The summed E-state index contributed by atoms with van der Waals surface area (Å²) in [6.07, 6.45) is 1.16. The van der Waals surface area contributed by atoms with Crippen LogP contribution in [-0.2, 0) is 0 Å². The first-order chi connectivity index (χ1) is 13.3. The predicted octanol–water partition coefficient (Wildman–Crippen LogP) is 3.15. The van der Waals surface area contributed by atoms with Gasteiger partial charge in [-0.1, -0.05) is 30.3 Å². The molecule has 2 aromatic rings. The molecule has 0 bridgehead atoms. The molecule has 1 atom stereocenters. The Morgan fingerprint density at radius 3 is 2.57 bits per heavy atom. The highest BCUT2D eigenvalue weighted by atomic mass is 16.5. The van der Waals surface area contributed by atoms with Crippen LogP contribution in [0.2, 0.25) is 0 Å². The summed E-state index contributed by atoms with van der Waals surface area (Å²) in [5.41, 5.74) is 0.716. The lowest BCUT2D eigenvalue weighted by molar-refractivity contribution is 0.0415. The van der Waals surface area contributed by atoms with E-state index in [-0.39, 0.29) is 11.7 Å². The number of nitrogens with zero attached hydrogens (tertiary/aromatic N) is 1. The second-order valence-corrected chi connectivity index (χ2v) is 6.75. The molecule has 1 heterocycles. The second-order valence-electron chi connectivity index (χ2n) is 6.75. The Hall–Kier alpha value is -3.13. The van der Waals surface area contributed by atoms with Gasteiger partial charge in [0.05, 0.1) is 18.8 Å². The fourth-order valence-corrected chi connectivity index (χ4v) is 2.82. The number of pyridine rings is 1. The van der Waals surface area contributed by atoms with Crippen LogP contribution in [0.15, 0.2) is 36.4 Å². The standard InChI is InChI=1S/C20H27N5O3/c1-5-22-16-14(12-21)11-15(23-18(16)28-4)24-19(26)25-17(20(2,3)27)13-9-7-6-8-10-13/h6-12,17,21-22,27H,5H2,1-4H3,(H2,23,24,25,26)/t17-/m0/s1. The molecule has 0 unspecified atom stereocenters. The van der Waals surface area contributed by atoms with Gasteiger partial charge in [0.2, 0.25) is 5.88 Å². The number of carbonyl (C=O) groups excluding carboxylic acids is 1. The van der Waals surface area contributed by atoms with Crippen LogP contribution in [-0.4, -0.2) is 41.6 Å². The fraction of sp³-hybridized carbons (Fsp3) is 0.350. The molecular formula is C20H27N5O3. The van der Waals surface area contributed by atoms with Crippen LogP contribution in [0.1, 0.15) is 37.9 Å². The summed E-state index contributed by atoms with van der Waals surface area (Å²) in [5, 5.41) is 26.6. The minimum Gasteiger partial charge on any atom is -0.479 e. The van der Waals surface area contributed by atoms with Crippen molar-refractivity contribution in [2.24, 2.45) is 0 Å². The normalized spacial score (nSPS) is 12.0. The number of aliphatic hydroxyl groups is 1. The van der Waals surface area contributed by atoms with Crippen molar-refractivity contribution in [1.29, 1.82) is 5.41 Å². The van der Waals surface area contributed by atoms with Gasteiger partial charge in [-0.15, -0.1) is 0 Å². The average molecular weight is 385 g/mol. The van der Waals surface area contributed by atoms with E-state index in [0.29, 0.717) is 17.8 Å². The van der Waals surface area contributed by atoms with E-state index < -0.39 is 17.7 Å². The highest BCUT2D eigenvalue weighted by Gasteiger charge is 2.30. The molecule has 0 aliphatic heterocycles. The van der Waals surface area contributed by atoms with Crippen molar-refractivity contribution in [3.63, 3.8) is 0 Å². The Balaban J connectivity index is 2.25. The van der Waals surface area contributed by atoms with Crippen LogP contribution in [0.25, 0.3) is 0 Å². The zero-order valence-electron chi connectivity index (χ0n) is 16.5. The summed E-state index contributed by atoms with van der Waals surface area (Å²) in [6, 6.07) is 9.65. The third kappa shape index (κ3) is 5.20. The highest BCUT2D eigenvalue weighted by Crippen LogP contribution is 2.29. The maximum atomic E-state index is 12.6. The largest absolute Gasteiger partial charge is 0.479 e. The number of nitrogens with one attached hydrogen (secondary N) is 4. The molecule has 2 amide bonds. The molecule has 0 aliphatic carbocycles. The summed E-state index contributed by atoms with van der Waals surface area (Å²) < 4.78 is 5.28. The van der Waals surface area contributed by atoms with E-state index in [0.717, 1.165) is 11.8 Å². The van der Waals surface area contributed by atoms with Gasteiger partial charge < -0.3 is 25.9 Å². The van der Waals surface area contributed by atoms with E-state index in [2.05, 4.69) is 20.9 Å². The van der Waals surface area contributed by atoms with Crippen molar-refractivity contribution in [3.8, 4) is 5.88 Å². The molecular weight excluding hydrogens is 358 g/mol. The van der Waals surface area contributed by atoms with Gasteiger partial charge in [0.1, 0.15) is 11.5 Å². The third-order valence-electron chi connectivity index (χ3n) is 4.08. The zero-order chi connectivity index (χ0) is 20.7. The van der Waals surface area contributed by atoms with Crippen LogP contribution in [0, 0.1) is 5.41 Å². The molecule has 1 aromatic heterocycles. The molecule has 2 rings (SSSR count). The number of aromatic nitrogens is 1. The predicted molar refractivity (Wildman–Crippen MR) is 110 cm³/mol. The average Bonchev–Trinajstić information content (AvgIpc) is 2.66. The van der Waals surface area contributed by atoms with Crippen LogP contribution in [0.5, 0.6) is 5.88 Å². The van der Waals surface area contributed by atoms with Gasteiger partial charge in [0.15, 0.2) is 0 Å². The highest BCUT2D eigenvalue weighted by molar-refractivity contribution is 5.93. The smallest absolute Gasteiger partial charge is 0.320 e. The van der Waals surface area contributed by atoms with Gasteiger partial charge in [-0.25, -0.2) is 4.79 Å². The first-order valence-corrected chi connectivity index (χ1v) is 8.98. The number of benzene rings is 1. The van der Waals surface area contributed by atoms with Gasteiger partial charge in [-0.2, -0.15) is 4.98 Å². The van der Waals surface area contributed by atoms with E-state index in [1.807, 2.05) is 37.3 Å². The number of methoxy groups -OCH3 is 1. The van der Waals surface area contributed by atoms with Crippen molar-refractivity contribution < 1.29 is 14.6 Å². The number of ether oxygens (including phenoxy) is 1. The Bertz CT molecular complexity index is 819. The zero-order valence-corrected chi connectivity index (χ0v) is 16.5. The van der Waals surface area contributed by atoms with Crippen LogP contribution in [0.4, 0.5) is 16.3 Å². The maximum Gasteiger partial charge on any atom is 0.320 e. The second kappa shape index (κ2) is 9.18. The van der Waals surface area contributed by atoms with Crippen LogP contribution in [0.3, 0.4) is 0 Å². The number of hydrogen-bond acceptors (Lipinski definition) is 6. The molecule has 0 saturated carbocycles. The summed E-state index contributed by atoms with van der Waals surface area (Å²) in [7, 11) is 1.47. The molecule has 150 valence electrons. The monoisotopic (exact) mass is 385 g/mol. The van der Waals surface area contributed by atoms with Crippen molar-refractivity contribution in [3.05, 3.63) is 47.5 Å². The van der Waals surface area contributed by atoms with Gasteiger partial charge in [0, 0.05) is 18.3 Å². The van der Waals surface area contributed by atoms with E-state index in [1.54, 1.807) is 19.9 Å². The number of carbonyl (C=O) groups is 1. The molecule has 0 fully saturated rings. The van der Waals surface area contributed by atoms with Crippen LogP contribution >= 0.6 is 0 Å². The van der Waals surface area contributed by atoms with Gasteiger partial charge >= 0.3 is 6.03 Å². The lowest BCUT2D eigenvalue weighted by Crippen LogP contribution is -2.44. The van der Waals surface area contributed by atoms with Gasteiger partial charge in [-0.3, -0.25) is 5.32 Å². The quantitative estimate of drug-likeness (QED) is 0.447. The number of urea groups is 1. The first kappa shape index (κ1) is 21.2. The van der Waals surface area contributed by atoms with Crippen molar-refractivity contribution in [1.82, 2.24) is 10.3 Å². The van der Waals surface area contributed by atoms with Crippen LogP contribution < -0.4 is 20.7 Å². The molecule has 8 nitrogen and oxygen atoms in total. The van der Waals surface area contributed by atoms with Gasteiger partial charge in [-0.05, 0) is 32.4 Å². The lowest BCUT2D eigenvalue weighted by atomic mass is 9.92. The molecule has 0 aliphatic rings. The summed E-state index contributed by atoms with van der Waals surface area (Å²) in [4.78, 5) is 16.8. The third-order valence-corrected chi connectivity index (χ3v) is 4.08. The molecule has 0 saturated heterocycles. The summed E-state index contributed by atoms with van der Waals surface area (Å²) in [6.45, 7) is 5.82. The number of hydrogen-bond donors (Lipinski definition) is 5. The number of rotatable bonds is 8.